The summed E-state index contributed by atoms with van der Waals surface area (Å²) in [5.74, 6) is -0.237. The fourth-order valence-corrected chi connectivity index (χ4v) is 3.07. The zero-order valence-corrected chi connectivity index (χ0v) is 15.3. The van der Waals surface area contributed by atoms with Crippen LogP contribution in [0.4, 0.5) is 5.69 Å². The number of carbonyl (C=O) groups is 1. The maximum absolute atomic E-state index is 11.9. The van der Waals surface area contributed by atoms with Crippen molar-refractivity contribution < 1.29 is 13.2 Å². The third-order valence-corrected chi connectivity index (χ3v) is 5.16. The van der Waals surface area contributed by atoms with Gasteiger partial charge in [-0.25, -0.2) is 13.1 Å². The van der Waals surface area contributed by atoms with Crippen molar-refractivity contribution in [2.24, 2.45) is 0 Å². The largest absolute Gasteiger partial charge is 0.375 e. The first-order valence-electron chi connectivity index (χ1n) is 7.64. The normalized spacial score (nSPS) is 11.1. The van der Waals surface area contributed by atoms with Crippen LogP contribution in [0.25, 0.3) is 0 Å². The van der Waals surface area contributed by atoms with Crippen LogP contribution in [0, 0.1) is 0 Å². The van der Waals surface area contributed by atoms with Gasteiger partial charge >= 0.3 is 0 Å². The SMILES string of the molecule is CNS(=O)(=O)Cc1ccc(CNC(=O)CNc2ccccc2Cl)cc1. The highest BCUT2D eigenvalue weighted by Gasteiger charge is 2.08. The average molecular weight is 382 g/mol. The Balaban J connectivity index is 1.81. The minimum atomic E-state index is -3.29. The molecule has 0 aliphatic carbocycles. The van der Waals surface area contributed by atoms with Gasteiger partial charge in [-0.1, -0.05) is 48.0 Å². The Morgan fingerprint density at radius 3 is 2.32 bits per heavy atom. The van der Waals surface area contributed by atoms with Gasteiger partial charge in [0.15, 0.2) is 0 Å². The maximum Gasteiger partial charge on any atom is 0.239 e. The molecule has 3 N–H and O–H groups in total. The van der Waals surface area contributed by atoms with E-state index < -0.39 is 10.0 Å². The molecule has 0 aliphatic heterocycles. The molecule has 0 atom stereocenters. The molecule has 0 aromatic heterocycles. The Kier molecular flexibility index (Phi) is 6.81. The van der Waals surface area contributed by atoms with Gasteiger partial charge in [0, 0.05) is 6.54 Å². The Hall–Kier alpha value is -2.09. The van der Waals surface area contributed by atoms with Crippen LogP contribution in [-0.4, -0.2) is 27.9 Å². The van der Waals surface area contributed by atoms with Crippen LogP contribution in [0.5, 0.6) is 0 Å². The second kappa shape index (κ2) is 8.84. The summed E-state index contributed by atoms with van der Waals surface area (Å²) in [6.07, 6.45) is 0. The molecular weight excluding hydrogens is 362 g/mol. The number of hydrogen-bond acceptors (Lipinski definition) is 4. The monoisotopic (exact) mass is 381 g/mol. The fraction of sp³-hybridized carbons (Fsp3) is 0.235. The molecule has 6 nitrogen and oxygen atoms in total. The number of nitrogens with one attached hydrogen (secondary N) is 3. The van der Waals surface area contributed by atoms with E-state index in [1.807, 2.05) is 12.1 Å². The van der Waals surface area contributed by atoms with Gasteiger partial charge in [0.05, 0.1) is 23.0 Å². The lowest BCUT2D eigenvalue weighted by atomic mass is 10.1. The third-order valence-electron chi connectivity index (χ3n) is 3.49. The smallest absolute Gasteiger partial charge is 0.239 e. The van der Waals surface area contributed by atoms with Crippen molar-refractivity contribution in [3.63, 3.8) is 0 Å². The summed E-state index contributed by atoms with van der Waals surface area (Å²) in [6, 6.07) is 14.3. The van der Waals surface area contributed by atoms with E-state index in [2.05, 4.69) is 15.4 Å². The van der Waals surface area contributed by atoms with E-state index in [9.17, 15) is 13.2 Å². The molecule has 0 radical (unpaired) electrons. The lowest BCUT2D eigenvalue weighted by molar-refractivity contribution is -0.119. The number of amides is 1. The van der Waals surface area contributed by atoms with E-state index in [0.29, 0.717) is 22.8 Å². The minimum absolute atomic E-state index is 0.0715. The van der Waals surface area contributed by atoms with Crippen molar-refractivity contribution in [2.75, 3.05) is 18.9 Å². The van der Waals surface area contributed by atoms with Crippen molar-refractivity contribution in [2.45, 2.75) is 12.3 Å². The van der Waals surface area contributed by atoms with E-state index in [1.54, 1.807) is 36.4 Å². The lowest BCUT2D eigenvalue weighted by Crippen LogP contribution is -2.29. The molecular formula is C17H20ClN3O3S. The van der Waals surface area contributed by atoms with Crippen LogP contribution in [-0.2, 0) is 27.1 Å². The number of sulfonamides is 1. The van der Waals surface area contributed by atoms with Crippen LogP contribution in [0.2, 0.25) is 5.02 Å². The van der Waals surface area contributed by atoms with E-state index in [4.69, 9.17) is 11.6 Å². The number of anilines is 1. The van der Waals surface area contributed by atoms with E-state index in [1.165, 1.54) is 7.05 Å². The summed E-state index contributed by atoms with van der Waals surface area (Å²) in [4.78, 5) is 11.9. The van der Waals surface area contributed by atoms with Gasteiger partial charge in [0.1, 0.15) is 0 Å². The van der Waals surface area contributed by atoms with Crippen LogP contribution in [0.3, 0.4) is 0 Å². The molecule has 1 amide bonds. The van der Waals surface area contributed by atoms with Crippen molar-refractivity contribution in [3.05, 3.63) is 64.7 Å². The Morgan fingerprint density at radius 2 is 1.68 bits per heavy atom. The first kappa shape index (κ1) is 19.2. The molecule has 0 saturated carbocycles. The fourth-order valence-electron chi connectivity index (χ4n) is 2.09. The predicted octanol–water partition coefficient (Wildman–Crippen LogP) is 2.12. The van der Waals surface area contributed by atoms with Crippen LogP contribution in [0.15, 0.2) is 48.5 Å². The number of halogens is 1. The predicted molar refractivity (Wildman–Crippen MR) is 99.9 cm³/mol. The Morgan fingerprint density at radius 1 is 1.04 bits per heavy atom. The van der Waals surface area contributed by atoms with Crippen LogP contribution >= 0.6 is 11.6 Å². The molecule has 2 aromatic rings. The molecule has 0 saturated heterocycles. The number of hydrogen-bond donors (Lipinski definition) is 3. The maximum atomic E-state index is 11.9. The summed E-state index contributed by atoms with van der Waals surface area (Å²) in [6.45, 7) is 0.477. The molecule has 134 valence electrons. The number of carbonyl (C=O) groups excluding carboxylic acids is 1. The van der Waals surface area contributed by atoms with Gasteiger partial charge in [0.25, 0.3) is 0 Å². The summed E-state index contributed by atoms with van der Waals surface area (Å²) in [5.41, 5.74) is 2.27. The molecule has 25 heavy (non-hydrogen) atoms. The first-order valence-corrected chi connectivity index (χ1v) is 9.67. The van der Waals surface area contributed by atoms with Crippen LogP contribution < -0.4 is 15.4 Å². The highest BCUT2D eigenvalue weighted by Crippen LogP contribution is 2.19. The molecule has 2 aromatic carbocycles. The molecule has 8 heteroatoms. The number of para-hydroxylation sites is 1. The second-order valence-corrected chi connectivity index (χ2v) is 7.72. The van der Waals surface area contributed by atoms with Crippen molar-refractivity contribution in [1.29, 1.82) is 0 Å². The standard InChI is InChI=1S/C17H20ClN3O3S/c1-19-25(23,24)12-14-8-6-13(7-9-14)10-21-17(22)11-20-16-5-3-2-4-15(16)18/h2-9,19-20H,10-12H2,1H3,(H,21,22). The van der Waals surface area contributed by atoms with Gasteiger partial charge in [-0.05, 0) is 30.3 Å². The average Bonchev–Trinajstić information content (AvgIpc) is 2.60. The number of rotatable bonds is 8. The van der Waals surface area contributed by atoms with Gasteiger partial charge < -0.3 is 10.6 Å². The van der Waals surface area contributed by atoms with Crippen molar-refractivity contribution in [3.8, 4) is 0 Å². The van der Waals surface area contributed by atoms with Crippen LogP contribution in [0.1, 0.15) is 11.1 Å². The topological polar surface area (TPSA) is 87.3 Å². The zero-order valence-electron chi connectivity index (χ0n) is 13.8. The van der Waals surface area contributed by atoms with Gasteiger partial charge in [-0.3, -0.25) is 4.79 Å². The summed E-state index contributed by atoms with van der Waals surface area (Å²) in [7, 11) is -1.90. The molecule has 0 heterocycles. The van der Waals surface area contributed by atoms with Gasteiger partial charge in [-0.15, -0.1) is 0 Å². The van der Waals surface area contributed by atoms with Crippen molar-refractivity contribution >= 4 is 33.2 Å². The lowest BCUT2D eigenvalue weighted by Gasteiger charge is -2.09. The summed E-state index contributed by atoms with van der Waals surface area (Å²) in [5, 5.41) is 6.32. The number of benzene rings is 2. The molecule has 0 unspecified atom stereocenters. The minimum Gasteiger partial charge on any atom is -0.375 e. The third kappa shape index (κ3) is 6.38. The van der Waals surface area contributed by atoms with Crippen molar-refractivity contribution in [1.82, 2.24) is 10.0 Å². The Labute approximate surface area is 152 Å². The molecule has 2 rings (SSSR count). The molecule has 0 bridgehead atoms. The molecule has 0 spiro atoms. The quantitative estimate of drug-likeness (QED) is 0.653. The summed E-state index contributed by atoms with van der Waals surface area (Å²) >= 11 is 6.01. The molecule has 0 fully saturated rings. The second-order valence-electron chi connectivity index (χ2n) is 5.39. The molecule has 0 aliphatic rings. The van der Waals surface area contributed by atoms with E-state index >= 15 is 0 Å². The van der Waals surface area contributed by atoms with E-state index in [-0.39, 0.29) is 18.2 Å². The van der Waals surface area contributed by atoms with Gasteiger partial charge in [0.2, 0.25) is 15.9 Å². The zero-order chi connectivity index (χ0) is 18.3. The highest BCUT2D eigenvalue weighted by molar-refractivity contribution is 7.88. The first-order chi connectivity index (χ1) is 11.9. The Bertz CT molecular complexity index is 823. The highest BCUT2D eigenvalue weighted by atomic mass is 35.5. The van der Waals surface area contributed by atoms with E-state index in [0.717, 1.165) is 5.56 Å². The van der Waals surface area contributed by atoms with Gasteiger partial charge in [-0.2, -0.15) is 0 Å². The summed E-state index contributed by atoms with van der Waals surface area (Å²) < 4.78 is 25.3.